The summed E-state index contributed by atoms with van der Waals surface area (Å²) in [4.78, 5) is 23.3. The number of nitrogens with one attached hydrogen (secondary N) is 1. The zero-order chi connectivity index (χ0) is 23.4. The van der Waals surface area contributed by atoms with Crippen molar-refractivity contribution < 1.29 is 14.5 Å². The number of thiophene rings is 1. The van der Waals surface area contributed by atoms with Gasteiger partial charge in [-0.3, -0.25) is 14.9 Å². The van der Waals surface area contributed by atoms with Gasteiger partial charge >= 0.3 is 0 Å². The number of fused-ring (bicyclic) bond motifs is 1. The topological polar surface area (TPSA) is 93.8 Å². The number of hydrazone groups is 1. The van der Waals surface area contributed by atoms with Crippen LogP contribution in [0.1, 0.15) is 20.8 Å². The molecule has 4 rings (SSSR count). The minimum Gasteiger partial charge on any atom is -0.488 e. The third-order valence-corrected chi connectivity index (χ3v) is 6.32. The molecule has 1 aromatic heterocycles. The molecular formula is C23H15Cl2N3O4S. The molecule has 3 aromatic carbocycles. The van der Waals surface area contributed by atoms with Crippen LogP contribution in [0.25, 0.3) is 10.1 Å². The van der Waals surface area contributed by atoms with Crippen molar-refractivity contribution >= 4 is 62.4 Å². The number of carbonyl (C=O) groups excluding carboxylic acids is 1. The van der Waals surface area contributed by atoms with Gasteiger partial charge in [0, 0.05) is 43.4 Å². The summed E-state index contributed by atoms with van der Waals surface area (Å²) in [5, 5.41) is 16.6. The van der Waals surface area contributed by atoms with Crippen LogP contribution in [0.5, 0.6) is 5.75 Å². The van der Waals surface area contributed by atoms with Gasteiger partial charge in [-0.2, -0.15) is 5.10 Å². The predicted molar refractivity (Wildman–Crippen MR) is 131 cm³/mol. The van der Waals surface area contributed by atoms with Gasteiger partial charge in [0.15, 0.2) is 0 Å². The fraction of sp³-hybridized carbons (Fsp3) is 0.0435. The lowest BCUT2D eigenvalue weighted by molar-refractivity contribution is -0.384. The summed E-state index contributed by atoms with van der Waals surface area (Å²) in [6.45, 7) is 0.237. The molecule has 0 aliphatic carbocycles. The predicted octanol–water partition coefficient (Wildman–Crippen LogP) is 6.46. The summed E-state index contributed by atoms with van der Waals surface area (Å²) in [6, 6.07) is 18.5. The van der Waals surface area contributed by atoms with E-state index in [9.17, 15) is 14.9 Å². The molecule has 1 heterocycles. The second kappa shape index (κ2) is 9.99. The highest BCUT2D eigenvalue weighted by molar-refractivity contribution is 7.20. The second-order valence-electron chi connectivity index (χ2n) is 6.85. The van der Waals surface area contributed by atoms with Gasteiger partial charge in [0.25, 0.3) is 11.6 Å². The summed E-state index contributed by atoms with van der Waals surface area (Å²) in [5.74, 6) is 0.150. The van der Waals surface area contributed by atoms with Crippen LogP contribution < -0.4 is 10.2 Å². The first-order valence-electron chi connectivity index (χ1n) is 9.58. The number of hydrogen-bond acceptors (Lipinski definition) is 6. The number of nitro benzene ring substituents is 1. The number of halogens is 2. The van der Waals surface area contributed by atoms with Gasteiger partial charge in [0.05, 0.1) is 16.0 Å². The van der Waals surface area contributed by atoms with Crippen LogP contribution in [0.3, 0.4) is 0 Å². The Morgan fingerprint density at radius 1 is 1.12 bits per heavy atom. The highest BCUT2D eigenvalue weighted by Gasteiger charge is 2.13. The molecule has 0 aliphatic heterocycles. The third-order valence-electron chi connectivity index (χ3n) is 4.62. The van der Waals surface area contributed by atoms with Crippen LogP contribution in [0.4, 0.5) is 5.69 Å². The van der Waals surface area contributed by atoms with E-state index in [-0.39, 0.29) is 12.3 Å². The number of nitro groups is 1. The van der Waals surface area contributed by atoms with Gasteiger partial charge in [-0.15, -0.1) is 11.3 Å². The zero-order valence-electron chi connectivity index (χ0n) is 16.8. The average molecular weight is 500 g/mol. The largest absolute Gasteiger partial charge is 0.488 e. The monoisotopic (exact) mass is 499 g/mol. The lowest BCUT2D eigenvalue weighted by Gasteiger charge is -2.10. The molecule has 0 atom stereocenters. The maximum absolute atomic E-state index is 12.5. The number of para-hydroxylation sites is 1. The molecule has 0 radical (unpaired) electrons. The molecule has 10 heteroatoms. The zero-order valence-corrected chi connectivity index (χ0v) is 19.2. The molecule has 166 valence electrons. The van der Waals surface area contributed by atoms with Crippen molar-refractivity contribution in [3.05, 3.63) is 103 Å². The smallest absolute Gasteiger partial charge is 0.281 e. The van der Waals surface area contributed by atoms with Crippen LogP contribution in [-0.2, 0) is 6.61 Å². The van der Waals surface area contributed by atoms with E-state index < -0.39 is 10.8 Å². The summed E-state index contributed by atoms with van der Waals surface area (Å²) in [5.41, 5.74) is 3.90. The average Bonchev–Trinajstić information content (AvgIpc) is 3.23. The van der Waals surface area contributed by atoms with Crippen molar-refractivity contribution in [3.8, 4) is 5.75 Å². The van der Waals surface area contributed by atoms with Crippen molar-refractivity contribution in [1.82, 2.24) is 5.43 Å². The van der Waals surface area contributed by atoms with Gasteiger partial charge in [0.1, 0.15) is 12.4 Å². The molecule has 7 nitrogen and oxygen atoms in total. The summed E-state index contributed by atoms with van der Waals surface area (Å²) in [7, 11) is 0. The molecule has 0 bridgehead atoms. The van der Waals surface area contributed by atoms with Crippen molar-refractivity contribution in [1.29, 1.82) is 0 Å². The summed E-state index contributed by atoms with van der Waals surface area (Å²) in [6.07, 6.45) is 1.48. The minimum absolute atomic E-state index is 0.0261. The normalized spacial score (nSPS) is 11.1. The maximum atomic E-state index is 12.5. The summed E-state index contributed by atoms with van der Waals surface area (Å²) >= 11 is 13.3. The highest BCUT2D eigenvalue weighted by atomic mass is 35.5. The molecule has 0 saturated heterocycles. The van der Waals surface area contributed by atoms with E-state index in [2.05, 4.69) is 10.5 Å². The van der Waals surface area contributed by atoms with Gasteiger partial charge in [0.2, 0.25) is 0 Å². The minimum atomic E-state index is -0.471. The van der Waals surface area contributed by atoms with E-state index >= 15 is 0 Å². The Bertz CT molecular complexity index is 1390. The van der Waals surface area contributed by atoms with E-state index in [1.807, 2.05) is 12.1 Å². The molecule has 1 amide bonds. The van der Waals surface area contributed by atoms with E-state index in [4.69, 9.17) is 27.9 Å². The van der Waals surface area contributed by atoms with E-state index in [0.29, 0.717) is 31.6 Å². The van der Waals surface area contributed by atoms with Gasteiger partial charge < -0.3 is 4.74 Å². The molecule has 0 saturated carbocycles. The Balaban J connectivity index is 1.43. The van der Waals surface area contributed by atoms with E-state index in [1.54, 1.807) is 42.5 Å². The molecule has 0 fully saturated rings. The maximum Gasteiger partial charge on any atom is 0.281 e. The van der Waals surface area contributed by atoms with Gasteiger partial charge in [-0.25, -0.2) is 5.43 Å². The van der Waals surface area contributed by atoms with Crippen molar-refractivity contribution in [3.63, 3.8) is 0 Å². The van der Waals surface area contributed by atoms with Gasteiger partial charge in [-0.1, -0.05) is 41.4 Å². The first-order chi connectivity index (χ1) is 15.9. The second-order valence-corrected chi connectivity index (χ2v) is 8.78. The van der Waals surface area contributed by atoms with E-state index in [1.165, 1.54) is 29.7 Å². The van der Waals surface area contributed by atoms with Crippen LogP contribution >= 0.6 is 34.5 Å². The number of carbonyl (C=O) groups is 1. The standard InChI is InChI=1S/C23H15Cl2N3O4S/c24-17-6-5-15(19(25)11-17)13-32-20-4-2-1-3-14(20)12-26-27-23(29)22-10-16-9-18(28(30)31)7-8-21(16)33-22/h1-12H,13H2,(H,27,29). The number of amides is 1. The number of benzene rings is 3. The van der Waals surface area contributed by atoms with Crippen molar-refractivity contribution in [2.75, 3.05) is 0 Å². The van der Waals surface area contributed by atoms with Gasteiger partial charge in [-0.05, 0) is 36.4 Å². The SMILES string of the molecule is O=C(NN=Cc1ccccc1OCc1ccc(Cl)cc1Cl)c1cc2cc([N+](=O)[O-])ccc2s1. The number of ether oxygens (including phenoxy) is 1. The fourth-order valence-electron chi connectivity index (χ4n) is 2.98. The molecule has 0 unspecified atom stereocenters. The Morgan fingerprint density at radius 2 is 1.94 bits per heavy atom. The summed E-state index contributed by atoms with van der Waals surface area (Å²) < 4.78 is 6.64. The first-order valence-corrected chi connectivity index (χ1v) is 11.1. The molecule has 4 aromatic rings. The molecule has 0 aliphatic rings. The lowest BCUT2D eigenvalue weighted by Crippen LogP contribution is -2.16. The molecule has 1 N–H and O–H groups in total. The Hall–Kier alpha value is -3.46. The quantitative estimate of drug-likeness (QED) is 0.179. The lowest BCUT2D eigenvalue weighted by atomic mass is 10.2. The Morgan fingerprint density at radius 3 is 2.73 bits per heavy atom. The fourth-order valence-corrected chi connectivity index (χ4v) is 4.38. The van der Waals surface area contributed by atoms with Crippen molar-refractivity contribution in [2.24, 2.45) is 5.10 Å². The number of nitrogens with zero attached hydrogens (tertiary/aromatic N) is 2. The Labute approximate surface area is 202 Å². The third kappa shape index (κ3) is 5.48. The van der Waals surface area contributed by atoms with Crippen LogP contribution in [0, 0.1) is 10.1 Å². The van der Waals surface area contributed by atoms with E-state index in [0.717, 1.165) is 10.3 Å². The Kier molecular flexibility index (Phi) is 6.88. The van der Waals surface area contributed by atoms with Crippen LogP contribution in [0.2, 0.25) is 10.0 Å². The number of rotatable bonds is 7. The number of non-ortho nitro benzene ring substituents is 1. The number of hydrogen-bond donors (Lipinski definition) is 1. The molecule has 0 spiro atoms. The van der Waals surface area contributed by atoms with Crippen LogP contribution in [0.15, 0.2) is 71.8 Å². The first kappa shape index (κ1) is 22.7. The molecule has 33 heavy (non-hydrogen) atoms. The van der Waals surface area contributed by atoms with Crippen molar-refractivity contribution in [2.45, 2.75) is 6.61 Å². The molecular weight excluding hydrogens is 485 g/mol. The highest BCUT2D eigenvalue weighted by Crippen LogP contribution is 2.29. The van der Waals surface area contributed by atoms with Crippen LogP contribution in [-0.4, -0.2) is 17.0 Å².